The van der Waals surface area contributed by atoms with Crippen molar-refractivity contribution in [3.05, 3.63) is 35.5 Å². The maximum absolute atomic E-state index is 5.44. The second kappa shape index (κ2) is 5.79. The minimum absolute atomic E-state index is 0.706. The van der Waals surface area contributed by atoms with Gasteiger partial charge in [0, 0.05) is 23.8 Å². The van der Waals surface area contributed by atoms with Crippen molar-refractivity contribution in [3.8, 4) is 0 Å². The molecule has 0 saturated carbocycles. The van der Waals surface area contributed by atoms with Gasteiger partial charge in [0.15, 0.2) is 0 Å². The Balaban J connectivity index is 2.23. The highest BCUT2D eigenvalue weighted by Gasteiger charge is 2.13. The minimum Gasteiger partial charge on any atom is -0.366 e. The molecule has 0 radical (unpaired) electrons. The van der Waals surface area contributed by atoms with E-state index in [4.69, 9.17) is 5.84 Å². The molecule has 0 fully saturated rings. The summed E-state index contributed by atoms with van der Waals surface area (Å²) in [5.41, 5.74) is 5.99. The number of aromatic nitrogens is 2. The van der Waals surface area contributed by atoms with E-state index in [9.17, 15) is 0 Å². The van der Waals surface area contributed by atoms with Gasteiger partial charge in [0.25, 0.3) is 0 Å². The summed E-state index contributed by atoms with van der Waals surface area (Å²) in [4.78, 5) is 2.26. The van der Waals surface area contributed by atoms with Gasteiger partial charge in [0.2, 0.25) is 0 Å². The molecule has 0 amide bonds. The summed E-state index contributed by atoms with van der Waals surface area (Å²) in [6.45, 7) is 5.85. The van der Waals surface area contributed by atoms with E-state index in [0.29, 0.717) is 6.54 Å². The first-order valence-corrected chi connectivity index (χ1v) is 6.62. The van der Waals surface area contributed by atoms with Crippen LogP contribution in [-0.4, -0.2) is 16.1 Å². The average Bonchev–Trinajstić information content (AvgIpc) is 2.84. The number of hydrogen-bond donors (Lipinski definition) is 2. The second-order valence-electron chi connectivity index (χ2n) is 3.99. The molecule has 0 unspecified atom stereocenters. The minimum atomic E-state index is 0.706. The van der Waals surface area contributed by atoms with Crippen LogP contribution in [0.15, 0.2) is 24.3 Å². The van der Waals surface area contributed by atoms with Gasteiger partial charge in [-0.1, -0.05) is 22.7 Å². The van der Waals surface area contributed by atoms with Crippen LogP contribution in [0.2, 0.25) is 0 Å². The Kier molecular flexibility index (Phi) is 4.11. The van der Waals surface area contributed by atoms with Crippen molar-refractivity contribution in [1.29, 1.82) is 0 Å². The van der Waals surface area contributed by atoms with E-state index in [-0.39, 0.29) is 0 Å². The Morgan fingerprint density at radius 3 is 2.83 bits per heavy atom. The smallest absolute Gasteiger partial charge is 0.149 e. The number of nitrogens with zero attached hydrogens (tertiary/aromatic N) is 3. The van der Waals surface area contributed by atoms with Gasteiger partial charge in [-0.3, -0.25) is 0 Å². The van der Waals surface area contributed by atoms with Gasteiger partial charge < -0.3 is 10.3 Å². The molecule has 6 heteroatoms. The summed E-state index contributed by atoms with van der Waals surface area (Å²) >= 11 is 1.28. The fourth-order valence-electron chi connectivity index (χ4n) is 1.89. The van der Waals surface area contributed by atoms with E-state index >= 15 is 0 Å². The van der Waals surface area contributed by atoms with Crippen molar-refractivity contribution < 1.29 is 0 Å². The van der Waals surface area contributed by atoms with Crippen LogP contribution in [0.25, 0.3) is 0 Å². The average molecular weight is 263 g/mol. The Hall–Kier alpha value is -1.66. The summed E-state index contributed by atoms with van der Waals surface area (Å²) < 4.78 is 3.92. The lowest BCUT2D eigenvalue weighted by atomic mass is 10.2. The van der Waals surface area contributed by atoms with Crippen molar-refractivity contribution in [2.45, 2.75) is 20.4 Å². The molecule has 96 valence electrons. The number of nitrogens with one attached hydrogen (secondary N) is 1. The molecule has 1 aromatic heterocycles. The molecule has 5 nitrogen and oxygen atoms in total. The Labute approximate surface area is 111 Å². The molecule has 0 bridgehead atoms. The van der Waals surface area contributed by atoms with Gasteiger partial charge in [0.05, 0.1) is 6.54 Å². The molecule has 3 N–H and O–H groups in total. The van der Waals surface area contributed by atoms with Crippen LogP contribution >= 0.6 is 11.5 Å². The van der Waals surface area contributed by atoms with E-state index in [1.807, 2.05) is 12.1 Å². The quantitative estimate of drug-likeness (QED) is 0.639. The molecule has 0 saturated heterocycles. The lowest BCUT2D eigenvalue weighted by Gasteiger charge is -2.24. The van der Waals surface area contributed by atoms with Crippen LogP contribution in [-0.2, 0) is 6.54 Å². The SMILES string of the molecule is CCN(Cc1nnsc1NN)c1ccccc1C. The van der Waals surface area contributed by atoms with E-state index in [0.717, 1.165) is 17.2 Å². The monoisotopic (exact) mass is 263 g/mol. The fraction of sp³-hybridized carbons (Fsp3) is 0.333. The lowest BCUT2D eigenvalue weighted by Crippen LogP contribution is -2.24. The molecule has 0 atom stereocenters. The van der Waals surface area contributed by atoms with Crippen LogP contribution in [0.1, 0.15) is 18.2 Å². The highest BCUT2D eigenvalue weighted by Crippen LogP contribution is 2.24. The normalized spacial score (nSPS) is 10.4. The number of benzene rings is 1. The Morgan fingerprint density at radius 2 is 2.17 bits per heavy atom. The second-order valence-corrected chi connectivity index (χ2v) is 4.75. The summed E-state index contributed by atoms with van der Waals surface area (Å²) in [7, 11) is 0. The van der Waals surface area contributed by atoms with Crippen molar-refractivity contribution >= 4 is 22.2 Å². The van der Waals surface area contributed by atoms with Crippen LogP contribution in [0.5, 0.6) is 0 Å². The van der Waals surface area contributed by atoms with Gasteiger partial charge in [-0.25, -0.2) is 5.84 Å². The third-order valence-corrected chi connectivity index (χ3v) is 3.56. The molecule has 0 spiro atoms. The zero-order valence-corrected chi connectivity index (χ0v) is 11.4. The number of nitrogen functional groups attached to an aromatic ring is 1. The predicted molar refractivity (Wildman–Crippen MR) is 75.6 cm³/mol. The summed E-state index contributed by atoms with van der Waals surface area (Å²) in [6.07, 6.45) is 0. The number of rotatable bonds is 5. The lowest BCUT2D eigenvalue weighted by molar-refractivity contribution is 0.801. The molecule has 0 aliphatic rings. The third kappa shape index (κ3) is 2.60. The predicted octanol–water partition coefficient (Wildman–Crippen LogP) is 2.16. The third-order valence-electron chi connectivity index (χ3n) is 2.87. The number of nitrogens with two attached hydrogens (primary N) is 1. The largest absolute Gasteiger partial charge is 0.366 e. The molecule has 2 rings (SSSR count). The number of hydrazine groups is 1. The first-order chi connectivity index (χ1) is 8.76. The zero-order chi connectivity index (χ0) is 13.0. The zero-order valence-electron chi connectivity index (χ0n) is 10.6. The summed E-state index contributed by atoms with van der Waals surface area (Å²) in [6, 6.07) is 8.32. The molecular formula is C12H17N5S. The van der Waals surface area contributed by atoms with Gasteiger partial charge in [-0.15, -0.1) is 5.10 Å². The highest BCUT2D eigenvalue weighted by atomic mass is 32.1. The van der Waals surface area contributed by atoms with Crippen molar-refractivity contribution in [2.75, 3.05) is 16.9 Å². The maximum Gasteiger partial charge on any atom is 0.149 e. The number of hydrogen-bond acceptors (Lipinski definition) is 6. The summed E-state index contributed by atoms with van der Waals surface area (Å²) in [5.74, 6) is 5.44. The van der Waals surface area contributed by atoms with Crippen LogP contribution in [0.4, 0.5) is 10.7 Å². The first kappa shape index (κ1) is 12.8. The Morgan fingerprint density at radius 1 is 1.39 bits per heavy atom. The van der Waals surface area contributed by atoms with Crippen LogP contribution < -0.4 is 16.2 Å². The van der Waals surface area contributed by atoms with Gasteiger partial charge in [-0.05, 0) is 25.5 Å². The molecular weight excluding hydrogens is 246 g/mol. The molecule has 18 heavy (non-hydrogen) atoms. The molecule has 0 aliphatic carbocycles. The van der Waals surface area contributed by atoms with Crippen LogP contribution in [0.3, 0.4) is 0 Å². The number of aryl methyl sites for hydroxylation is 1. The molecule has 0 aliphatic heterocycles. The van der Waals surface area contributed by atoms with Gasteiger partial charge in [0.1, 0.15) is 10.7 Å². The van der Waals surface area contributed by atoms with Gasteiger partial charge in [-0.2, -0.15) is 0 Å². The van der Waals surface area contributed by atoms with E-state index in [2.05, 4.69) is 45.9 Å². The summed E-state index contributed by atoms with van der Waals surface area (Å²) in [5, 5.41) is 4.94. The maximum atomic E-state index is 5.44. The van der Waals surface area contributed by atoms with E-state index in [1.165, 1.54) is 22.8 Å². The highest BCUT2D eigenvalue weighted by molar-refractivity contribution is 7.10. The van der Waals surface area contributed by atoms with Crippen molar-refractivity contribution in [3.63, 3.8) is 0 Å². The van der Waals surface area contributed by atoms with Crippen molar-refractivity contribution in [1.82, 2.24) is 9.59 Å². The standard InChI is InChI=1S/C12H17N5S/c1-3-17(11-7-5-4-6-9(11)2)8-10-12(14-13)18-16-15-10/h4-7,14H,3,8,13H2,1-2H3. The first-order valence-electron chi connectivity index (χ1n) is 5.84. The molecule has 2 aromatic rings. The van der Waals surface area contributed by atoms with Crippen LogP contribution in [0, 0.1) is 6.92 Å². The number of anilines is 2. The topological polar surface area (TPSA) is 67.1 Å². The molecule has 1 aromatic carbocycles. The van der Waals surface area contributed by atoms with Gasteiger partial charge >= 0.3 is 0 Å². The van der Waals surface area contributed by atoms with E-state index < -0.39 is 0 Å². The Bertz CT molecular complexity index is 511. The number of para-hydroxylation sites is 1. The molecule has 1 heterocycles. The van der Waals surface area contributed by atoms with Crippen molar-refractivity contribution in [2.24, 2.45) is 5.84 Å². The van der Waals surface area contributed by atoms with E-state index in [1.54, 1.807) is 0 Å². The fourth-order valence-corrected chi connectivity index (χ4v) is 2.37.